The summed E-state index contributed by atoms with van der Waals surface area (Å²) in [6.45, 7) is 1.79. The maximum atomic E-state index is 13.6. The van der Waals surface area contributed by atoms with Crippen LogP contribution in [-0.4, -0.2) is 11.9 Å². The third-order valence-corrected chi connectivity index (χ3v) is 3.61. The van der Waals surface area contributed by atoms with Gasteiger partial charge in [-0.2, -0.15) is 0 Å². The maximum Gasteiger partial charge on any atom is 0.227 e. The molecule has 0 aliphatic heterocycles. The second kappa shape index (κ2) is 5.48. The van der Waals surface area contributed by atoms with Crippen molar-refractivity contribution >= 4 is 11.6 Å². The Bertz CT molecular complexity index is 419. The number of amides is 1. The molecule has 18 heavy (non-hydrogen) atoms. The van der Waals surface area contributed by atoms with Gasteiger partial charge in [0.15, 0.2) is 0 Å². The fourth-order valence-corrected chi connectivity index (χ4v) is 2.40. The average molecular weight is 250 g/mol. The molecule has 4 heteroatoms. The molecule has 3 N–H and O–H groups in total. The van der Waals surface area contributed by atoms with Crippen LogP contribution >= 0.6 is 0 Å². The van der Waals surface area contributed by atoms with Gasteiger partial charge in [-0.25, -0.2) is 4.39 Å². The van der Waals surface area contributed by atoms with E-state index in [4.69, 9.17) is 5.73 Å². The number of anilines is 1. The molecule has 1 aliphatic carbocycles. The van der Waals surface area contributed by atoms with Gasteiger partial charge in [-0.3, -0.25) is 4.79 Å². The van der Waals surface area contributed by atoms with Crippen LogP contribution in [0.3, 0.4) is 0 Å². The van der Waals surface area contributed by atoms with Crippen LogP contribution in [0.15, 0.2) is 18.2 Å². The molecule has 1 saturated carbocycles. The number of rotatable bonds is 2. The zero-order chi connectivity index (χ0) is 13.1. The van der Waals surface area contributed by atoms with Crippen LogP contribution in [0.25, 0.3) is 0 Å². The standard InChI is InChI=1S/C14H19FN2O/c1-9-3-2-4-12(15)13(9)17-14(18)10-5-7-11(16)8-6-10/h2-4,10-11H,5-8,16H2,1H3,(H,17,18). The molecule has 1 aromatic rings. The molecule has 0 saturated heterocycles. The van der Waals surface area contributed by atoms with Crippen LogP contribution in [-0.2, 0) is 4.79 Å². The van der Waals surface area contributed by atoms with Gasteiger partial charge < -0.3 is 11.1 Å². The number of benzene rings is 1. The largest absolute Gasteiger partial charge is 0.328 e. The van der Waals surface area contributed by atoms with E-state index in [1.807, 2.05) is 0 Å². The summed E-state index contributed by atoms with van der Waals surface area (Å²) >= 11 is 0. The summed E-state index contributed by atoms with van der Waals surface area (Å²) in [5, 5.41) is 2.71. The Morgan fingerprint density at radius 3 is 2.61 bits per heavy atom. The zero-order valence-electron chi connectivity index (χ0n) is 10.6. The molecule has 0 heterocycles. The number of hydrogen-bond donors (Lipinski definition) is 2. The van der Waals surface area contributed by atoms with Crippen molar-refractivity contribution in [3.8, 4) is 0 Å². The highest BCUT2D eigenvalue weighted by molar-refractivity contribution is 5.93. The number of halogens is 1. The van der Waals surface area contributed by atoms with Crippen molar-refractivity contribution in [1.82, 2.24) is 0 Å². The fraction of sp³-hybridized carbons (Fsp3) is 0.500. The van der Waals surface area contributed by atoms with Crippen molar-refractivity contribution in [2.75, 3.05) is 5.32 Å². The van der Waals surface area contributed by atoms with Gasteiger partial charge in [0.25, 0.3) is 0 Å². The SMILES string of the molecule is Cc1cccc(F)c1NC(=O)C1CCC(N)CC1. The van der Waals surface area contributed by atoms with Gasteiger partial charge in [-0.1, -0.05) is 12.1 Å². The van der Waals surface area contributed by atoms with Crippen LogP contribution in [0.1, 0.15) is 31.2 Å². The van der Waals surface area contributed by atoms with E-state index in [1.165, 1.54) is 6.07 Å². The van der Waals surface area contributed by atoms with Crippen LogP contribution < -0.4 is 11.1 Å². The predicted octanol–water partition coefficient (Wildman–Crippen LogP) is 2.59. The molecule has 0 aromatic heterocycles. The Hall–Kier alpha value is -1.42. The lowest BCUT2D eigenvalue weighted by molar-refractivity contribution is -0.120. The molecule has 0 radical (unpaired) electrons. The van der Waals surface area contributed by atoms with Gasteiger partial charge in [0.1, 0.15) is 5.82 Å². The van der Waals surface area contributed by atoms with Gasteiger partial charge in [-0.05, 0) is 44.2 Å². The van der Waals surface area contributed by atoms with E-state index in [-0.39, 0.29) is 23.7 Å². The summed E-state index contributed by atoms with van der Waals surface area (Å²) in [5.41, 5.74) is 6.86. The summed E-state index contributed by atoms with van der Waals surface area (Å²) in [6, 6.07) is 5.00. The van der Waals surface area contributed by atoms with E-state index in [2.05, 4.69) is 5.32 Å². The Kier molecular flexibility index (Phi) is 3.97. The summed E-state index contributed by atoms with van der Waals surface area (Å²) in [4.78, 5) is 12.1. The Morgan fingerprint density at radius 2 is 2.00 bits per heavy atom. The van der Waals surface area contributed by atoms with Crippen LogP contribution in [0.2, 0.25) is 0 Å². The number of nitrogens with two attached hydrogens (primary N) is 1. The number of aryl methyl sites for hydroxylation is 1. The Balaban J connectivity index is 2.03. The highest BCUT2D eigenvalue weighted by Gasteiger charge is 2.25. The minimum atomic E-state index is -0.379. The van der Waals surface area contributed by atoms with E-state index in [1.54, 1.807) is 19.1 Å². The lowest BCUT2D eigenvalue weighted by Gasteiger charge is -2.25. The molecular formula is C14H19FN2O. The molecule has 1 amide bonds. The van der Waals surface area contributed by atoms with Crippen LogP contribution in [0.4, 0.5) is 10.1 Å². The molecule has 0 unspecified atom stereocenters. The summed E-state index contributed by atoms with van der Waals surface area (Å²) in [5.74, 6) is -0.505. The summed E-state index contributed by atoms with van der Waals surface area (Å²) in [6.07, 6.45) is 3.32. The third-order valence-electron chi connectivity index (χ3n) is 3.61. The molecule has 0 atom stereocenters. The summed E-state index contributed by atoms with van der Waals surface area (Å²) in [7, 11) is 0. The predicted molar refractivity (Wildman–Crippen MR) is 69.7 cm³/mol. The normalized spacial score (nSPS) is 23.7. The zero-order valence-corrected chi connectivity index (χ0v) is 10.6. The van der Waals surface area contributed by atoms with Gasteiger partial charge >= 0.3 is 0 Å². The smallest absolute Gasteiger partial charge is 0.227 e. The Morgan fingerprint density at radius 1 is 1.33 bits per heavy atom. The number of para-hydroxylation sites is 1. The van der Waals surface area contributed by atoms with E-state index in [9.17, 15) is 9.18 Å². The number of nitrogens with one attached hydrogen (secondary N) is 1. The molecule has 1 aliphatic rings. The van der Waals surface area contributed by atoms with Crippen LogP contribution in [0, 0.1) is 18.7 Å². The third kappa shape index (κ3) is 2.88. The monoisotopic (exact) mass is 250 g/mol. The van der Waals surface area contributed by atoms with E-state index in [0.717, 1.165) is 31.2 Å². The van der Waals surface area contributed by atoms with Gasteiger partial charge in [0, 0.05) is 12.0 Å². The molecule has 2 rings (SSSR count). The van der Waals surface area contributed by atoms with E-state index < -0.39 is 0 Å². The van der Waals surface area contributed by atoms with Gasteiger partial charge in [0.2, 0.25) is 5.91 Å². The molecule has 0 bridgehead atoms. The molecule has 3 nitrogen and oxygen atoms in total. The van der Waals surface area contributed by atoms with Gasteiger partial charge in [0.05, 0.1) is 5.69 Å². The Labute approximate surface area is 107 Å². The number of carbonyl (C=O) groups excluding carboxylic acids is 1. The highest BCUT2D eigenvalue weighted by atomic mass is 19.1. The first-order valence-corrected chi connectivity index (χ1v) is 6.39. The molecule has 98 valence electrons. The van der Waals surface area contributed by atoms with Crippen molar-refractivity contribution in [3.05, 3.63) is 29.6 Å². The maximum absolute atomic E-state index is 13.6. The van der Waals surface area contributed by atoms with E-state index >= 15 is 0 Å². The van der Waals surface area contributed by atoms with Crippen molar-refractivity contribution in [2.45, 2.75) is 38.6 Å². The minimum Gasteiger partial charge on any atom is -0.328 e. The second-order valence-electron chi connectivity index (χ2n) is 5.03. The first kappa shape index (κ1) is 13.0. The average Bonchev–Trinajstić information content (AvgIpc) is 2.34. The number of hydrogen-bond acceptors (Lipinski definition) is 2. The fourth-order valence-electron chi connectivity index (χ4n) is 2.40. The highest BCUT2D eigenvalue weighted by Crippen LogP contribution is 2.26. The molecular weight excluding hydrogens is 231 g/mol. The molecule has 1 fully saturated rings. The first-order chi connectivity index (χ1) is 8.58. The summed E-state index contributed by atoms with van der Waals surface area (Å²) < 4.78 is 13.6. The van der Waals surface area contributed by atoms with Crippen molar-refractivity contribution in [3.63, 3.8) is 0 Å². The van der Waals surface area contributed by atoms with Crippen molar-refractivity contribution < 1.29 is 9.18 Å². The number of carbonyl (C=O) groups is 1. The lowest BCUT2D eigenvalue weighted by atomic mass is 9.86. The second-order valence-corrected chi connectivity index (χ2v) is 5.03. The molecule has 0 spiro atoms. The van der Waals surface area contributed by atoms with Crippen molar-refractivity contribution in [1.29, 1.82) is 0 Å². The quantitative estimate of drug-likeness (QED) is 0.847. The van der Waals surface area contributed by atoms with Crippen molar-refractivity contribution in [2.24, 2.45) is 11.7 Å². The first-order valence-electron chi connectivity index (χ1n) is 6.39. The minimum absolute atomic E-state index is 0.0381. The van der Waals surface area contributed by atoms with Crippen LogP contribution in [0.5, 0.6) is 0 Å². The topological polar surface area (TPSA) is 55.1 Å². The van der Waals surface area contributed by atoms with Gasteiger partial charge in [-0.15, -0.1) is 0 Å². The molecule has 1 aromatic carbocycles. The lowest BCUT2D eigenvalue weighted by Crippen LogP contribution is -2.32. The van der Waals surface area contributed by atoms with E-state index in [0.29, 0.717) is 5.69 Å².